The maximum Gasteiger partial charge on any atom is 0.407 e. The summed E-state index contributed by atoms with van der Waals surface area (Å²) in [5.74, 6) is 0.516. The topological polar surface area (TPSA) is 66.6 Å². The molecule has 0 saturated carbocycles. The van der Waals surface area contributed by atoms with E-state index in [1.54, 1.807) is 6.26 Å². The van der Waals surface area contributed by atoms with Crippen LogP contribution in [0.2, 0.25) is 0 Å². The van der Waals surface area contributed by atoms with E-state index in [2.05, 4.69) is 4.98 Å². The van der Waals surface area contributed by atoms with Crippen molar-refractivity contribution in [1.82, 2.24) is 9.88 Å². The molecule has 1 N–H and O–H groups in total. The van der Waals surface area contributed by atoms with Crippen LogP contribution in [0.4, 0.5) is 4.79 Å². The van der Waals surface area contributed by atoms with E-state index in [1.807, 2.05) is 6.92 Å². The second-order valence-corrected chi connectivity index (χ2v) is 3.46. The summed E-state index contributed by atoms with van der Waals surface area (Å²) in [5.41, 5.74) is 0.789. The van der Waals surface area contributed by atoms with Crippen LogP contribution in [0.5, 0.6) is 0 Å². The first kappa shape index (κ1) is 9.05. The van der Waals surface area contributed by atoms with E-state index in [0.29, 0.717) is 12.4 Å². The summed E-state index contributed by atoms with van der Waals surface area (Å²) in [6.45, 7) is 2.40. The number of hydrogen-bond donors (Lipinski definition) is 1. The van der Waals surface area contributed by atoms with Crippen molar-refractivity contribution in [3.63, 3.8) is 0 Å². The summed E-state index contributed by atoms with van der Waals surface area (Å²) < 4.78 is 5.21. The minimum Gasteiger partial charge on any atom is -0.465 e. The maximum absolute atomic E-state index is 10.8. The third-order valence-electron chi connectivity index (χ3n) is 2.42. The standard InChI is InChI=1S/C9H12N2O3/c1-6-5-14-8(10-6)7-3-2-4-11(7)9(12)13/h5,7H,2-4H2,1H3,(H,12,13)/t7-/m0/s1. The van der Waals surface area contributed by atoms with E-state index < -0.39 is 6.09 Å². The SMILES string of the molecule is Cc1coc([C@@H]2CCCN2C(=O)O)n1. The second-order valence-electron chi connectivity index (χ2n) is 3.46. The molecule has 0 aliphatic carbocycles. The van der Waals surface area contributed by atoms with Crippen LogP contribution in [0.25, 0.3) is 0 Å². The van der Waals surface area contributed by atoms with Gasteiger partial charge in [-0.25, -0.2) is 9.78 Å². The first-order valence-electron chi connectivity index (χ1n) is 4.60. The van der Waals surface area contributed by atoms with E-state index >= 15 is 0 Å². The molecule has 14 heavy (non-hydrogen) atoms. The molecule has 1 amide bonds. The van der Waals surface area contributed by atoms with E-state index in [9.17, 15) is 4.79 Å². The first-order chi connectivity index (χ1) is 6.68. The van der Waals surface area contributed by atoms with Crippen molar-refractivity contribution in [2.75, 3.05) is 6.54 Å². The van der Waals surface area contributed by atoms with E-state index in [1.165, 1.54) is 4.90 Å². The average molecular weight is 196 g/mol. The molecule has 1 aliphatic rings. The van der Waals surface area contributed by atoms with Crippen LogP contribution < -0.4 is 0 Å². The van der Waals surface area contributed by atoms with Crippen LogP contribution in [0.3, 0.4) is 0 Å². The van der Waals surface area contributed by atoms with Crippen molar-refractivity contribution in [2.24, 2.45) is 0 Å². The molecule has 0 unspecified atom stereocenters. The molecule has 0 bridgehead atoms. The molecule has 0 spiro atoms. The van der Waals surface area contributed by atoms with Gasteiger partial charge < -0.3 is 9.52 Å². The van der Waals surface area contributed by atoms with Gasteiger partial charge in [-0.3, -0.25) is 4.90 Å². The molecule has 1 aliphatic heterocycles. The molecule has 1 fully saturated rings. The Hall–Kier alpha value is -1.52. The van der Waals surface area contributed by atoms with Gasteiger partial charge in [0.25, 0.3) is 0 Å². The fourth-order valence-electron chi connectivity index (χ4n) is 1.78. The highest BCUT2D eigenvalue weighted by atomic mass is 16.4. The highest BCUT2D eigenvalue weighted by Crippen LogP contribution is 2.30. The molecule has 1 saturated heterocycles. The van der Waals surface area contributed by atoms with Crippen molar-refractivity contribution in [3.8, 4) is 0 Å². The van der Waals surface area contributed by atoms with Gasteiger partial charge in [-0.15, -0.1) is 0 Å². The Morgan fingerprint density at radius 1 is 1.79 bits per heavy atom. The number of carbonyl (C=O) groups is 1. The Balaban J connectivity index is 2.21. The summed E-state index contributed by atoms with van der Waals surface area (Å²) in [5, 5.41) is 8.91. The molecule has 5 nitrogen and oxygen atoms in total. The Morgan fingerprint density at radius 3 is 3.14 bits per heavy atom. The summed E-state index contributed by atoms with van der Waals surface area (Å²) in [4.78, 5) is 16.4. The van der Waals surface area contributed by atoms with Gasteiger partial charge in [0.1, 0.15) is 12.3 Å². The normalized spacial score (nSPS) is 21.5. The minimum atomic E-state index is -0.900. The number of hydrogen-bond acceptors (Lipinski definition) is 3. The lowest BCUT2D eigenvalue weighted by molar-refractivity contribution is 0.134. The molecular weight excluding hydrogens is 184 g/mol. The quantitative estimate of drug-likeness (QED) is 0.743. The van der Waals surface area contributed by atoms with Crippen molar-refractivity contribution in [3.05, 3.63) is 17.8 Å². The van der Waals surface area contributed by atoms with Gasteiger partial charge in [0.15, 0.2) is 0 Å². The maximum atomic E-state index is 10.8. The lowest BCUT2D eigenvalue weighted by atomic mass is 10.2. The molecule has 5 heteroatoms. The number of amides is 1. The van der Waals surface area contributed by atoms with Crippen molar-refractivity contribution >= 4 is 6.09 Å². The third-order valence-corrected chi connectivity index (χ3v) is 2.42. The highest BCUT2D eigenvalue weighted by molar-refractivity contribution is 5.65. The number of nitrogens with zero attached hydrogens (tertiary/aromatic N) is 2. The monoisotopic (exact) mass is 196 g/mol. The number of carboxylic acid groups (broad SMARTS) is 1. The van der Waals surface area contributed by atoms with Gasteiger partial charge in [-0.1, -0.05) is 0 Å². The Labute approximate surface area is 81.3 Å². The Morgan fingerprint density at radius 2 is 2.57 bits per heavy atom. The molecule has 0 radical (unpaired) electrons. The molecule has 2 rings (SSSR count). The summed E-state index contributed by atoms with van der Waals surface area (Å²) in [6.07, 6.45) is 2.32. The van der Waals surface area contributed by atoms with E-state index in [4.69, 9.17) is 9.52 Å². The smallest absolute Gasteiger partial charge is 0.407 e. The highest BCUT2D eigenvalue weighted by Gasteiger charge is 2.32. The fourth-order valence-corrected chi connectivity index (χ4v) is 1.78. The number of rotatable bonds is 1. The van der Waals surface area contributed by atoms with Gasteiger partial charge in [0.05, 0.1) is 5.69 Å². The molecular formula is C9H12N2O3. The fraction of sp³-hybridized carbons (Fsp3) is 0.556. The van der Waals surface area contributed by atoms with Crippen LogP contribution in [0.15, 0.2) is 10.7 Å². The predicted molar refractivity (Wildman–Crippen MR) is 47.9 cm³/mol. The van der Waals surface area contributed by atoms with Gasteiger partial charge in [-0.05, 0) is 19.8 Å². The van der Waals surface area contributed by atoms with Crippen LogP contribution >= 0.6 is 0 Å². The number of likely N-dealkylation sites (tertiary alicyclic amines) is 1. The van der Waals surface area contributed by atoms with Gasteiger partial charge >= 0.3 is 6.09 Å². The Bertz CT molecular complexity index is 348. The van der Waals surface area contributed by atoms with Crippen molar-refractivity contribution in [1.29, 1.82) is 0 Å². The lowest BCUT2D eigenvalue weighted by Gasteiger charge is -2.17. The number of oxazole rings is 1. The molecule has 1 aromatic rings. The average Bonchev–Trinajstić information content (AvgIpc) is 2.70. The van der Waals surface area contributed by atoms with Gasteiger partial charge in [-0.2, -0.15) is 0 Å². The lowest BCUT2D eigenvalue weighted by Crippen LogP contribution is -2.28. The molecule has 0 aromatic carbocycles. The summed E-state index contributed by atoms with van der Waals surface area (Å²) in [7, 11) is 0. The third kappa shape index (κ3) is 1.45. The van der Waals surface area contributed by atoms with Gasteiger partial charge in [0.2, 0.25) is 5.89 Å². The summed E-state index contributed by atoms with van der Waals surface area (Å²) >= 11 is 0. The molecule has 1 atom stereocenters. The number of aryl methyl sites for hydroxylation is 1. The number of aromatic nitrogens is 1. The minimum absolute atomic E-state index is 0.193. The molecule has 2 heterocycles. The molecule has 76 valence electrons. The zero-order chi connectivity index (χ0) is 10.1. The van der Waals surface area contributed by atoms with Gasteiger partial charge in [0, 0.05) is 6.54 Å². The first-order valence-corrected chi connectivity index (χ1v) is 4.60. The summed E-state index contributed by atoms with van der Waals surface area (Å²) in [6, 6.07) is -0.193. The van der Waals surface area contributed by atoms with Crippen molar-refractivity contribution in [2.45, 2.75) is 25.8 Å². The van der Waals surface area contributed by atoms with E-state index in [0.717, 1.165) is 18.5 Å². The zero-order valence-corrected chi connectivity index (χ0v) is 7.93. The zero-order valence-electron chi connectivity index (χ0n) is 7.93. The molecule has 1 aromatic heterocycles. The Kier molecular flexibility index (Phi) is 2.15. The second kappa shape index (κ2) is 3.32. The predicted octanol–water partition coefficient (Wildman–Crippen LogP) is 1.80. The van der Waals surface area contributed by atoms with Crippen LogP contribution in [-0.4, -0.2) is 27.6 Å². The van der Waals surface area contributed by atoms with Crippen molar-refractivity contribution < 1.29 is 14.3 Å². The van der Waals surface area contributed by atoms with Crippen LogP contribution in [0, 0.1) is 6.92 Å². The van der Waals surface area contributed by atoms with Crippen LogP contribution in [0.1, 0.15) is 30.5 Å². The van der Waals surface area contributed by atoms with Crippen LogP contribution in [-0.2, 0) is 0 Å². The van der Waals surface area contributed by atoms with E-state index in [-0.39, 0.29) is 6.04 Å². The largest absolute Gasteiger partial charge is 0.465 e.